The molecule has 30 heteroatoms. The standard InChI is InChI=1S/C64H104N4O26/c1-35-18-16-14-12-10-8-6-7-9-11-13-15-17-19-42(91-61-55(81)51(53(79)38(4)90-61)65-34-64(87)59(84)58(46(76)33-88-64)93-62-57(83)56(82)54(80)48(32-69)92-62)29-47-50(60(85)66-68-24-22-67(5)23-25-68)45(75)31-63(86,94-47)30-41(72)27-44(74)43(73)21-20-39(70)26-40(71)28-49(77)89-37(3)36(2)52(35)78/h6-19,35-48,50-59,61-62,65,69-76,78-84,86-87H,20-34H2,1-5H3,(H,66,85)/b7-6+,10-8+,11-9+,14-12+,15-13+,18-16+,19-17?/t35-,36?,37-,38+,39+,40+,41-,42-,43+,44+,45-,46+,47?,48+,50?,51-,52+,53+,54+,55-,56-,57+,58+,59-,61?,62?,63+,64+/m0/s1. The van der Waals surface area contributed by atoms with Crippen molar-refractivity contribution in [1.82, 2.24) is 20.7 Å². The molecular formula is C64H104N4O26. The third kappa shape index (κ3) is 22.8. The molecule has 2 bridgehead atoms. The molecule has 6 aliphatic rings. The van der Waals surface area contributed by atoms with Gasteiger partial charge in [-0.3, -0.25) is 15.0 Å². The van der Waals surface area contributed by atoms with Gasteiger partial charge in [0.15, 0.2) is 18.4 Å². The molecule has 5 unspecified atom stereocenters. The molecule has 0 aliphatic carbocycles. The molecular weight excluding hydrogens is 1240 g/mol. The summed E-state index contributed by atoms with van der Waals surface area (Å²) in [6.07, 6.45) is -13.6. The topological polar surface area (TPSA) is 473 Å². The van der Waals surface area contributed by atoms with Crippen molar-refractivity contribution in [3.63, 3.8) is 0 Å². The van der Waals surface area contributed by atoms with Crippen molar-refractivity contribution in [3.05, 3.63) is 85.1 Å². The number of cyclic esters (lactones) is 1. The molecule has 28 atom stereocenters. The largest absolute Gasteiger partial charge is 0.462 e. The smallest absolute Gasteiger partial charge is 0.308 e. The molecule has 1 amide bonds. The number of hydrogen-bond donors (Lipinski definition) is 19. The Bertz CT molecular complexity index is 2520. The van der Waals surface area contributed by atoms with Crippen LogP contribution in [0.25, 0.3) is 0 Å². The SMILES string of the molecule is CC1[C@H](C)OC(=O)C[C@H](O)C[C@H](O)CC[C@@H](O)[C@H](O)C[C@H](O)C[C@]2(O)C[C@H](O)C(C(=O)NN3CCN(C)CC3)C(C[C@@H](OC3O[C@H](C)[C@@H](O)[C@H](NC[C@@]4(O)OC[C@@H](O)[C@@H](OC5O[C@H](CO)[C@@H](O)[C@H](O)[C@H]5O)[C@@H]4O)[C@@H]3O)C=C/C=C/C=C/C=C/C=C/C=C/C=C/[C@H](C)[C@H]1O)O2. The Hall–Kier alpha value is -3.92. The molecule has 0 radical (unpaired) electrons. The van der Waals surface area contributed by atoms with Gasteiger partial charge in [0.25, 0.3) is 0 Å². The van der Waals surface area contributed by atoms with E-state index >= 15 is 0 Å². The maximum Gasteiger partial charge on any atom is 0.308 e. The van der Waals surface area contributed by atoms with Crippen LogP contribution >= 0.6 is 0 Å². The zero-order valence-electron chi connectivity index (χ0n) is 53.9. The van der Waals surface area contributed by atoms with Gasteiger partial charge in [0.1, 0.15) is 54.9 Å². The van der Waals surface area contributed by atoms with Crippen molar-refractivity contribution in [2.45, 2.75) is 231 Å². The predicted molar refractivity (Wildman–Crippen MR) is 332 cm³/mol. The van der Waals surface area contributed by atoms with E-state index in [-0.39, 0.29) is 25.2 Å². The van der Waals surface area contributed by atoms with Crippen LogP contribution in [0.4, 0.5) is 0 Å². The van der Waals surface area contributed by atoms with Gasteiger partial charge in [-0.15, -0.1) is 0 Å². The van der Waals surface area contributed by atoms with Crippen LogP contribution in [0, 0.1) is 17.8 Å². The molecule has 6 rings (SSSR count). The van der Waals surface area contributed by atoms with E-state index in [1.165, 1.54) is 13.0 Å². The van der Waals surface area contributed by atoms with Gasteiger partial charge in [-0.25, -0.2) is 5.01 Å². The number of allylic oxidation sites excluding steroid dienone is 12. The molecule has 0 aromatic heterocycles. The zero-order chi connectivity index (χ0) is 69.2. The number of hydrogen-bond acceptors (Lipinski definition) is 29. The van der Waals surface area contributed by atoms with Gasteiger partial charge in [0.05, 0.1) is 105 Å². The van der Waals surface area contributed by atoms with Crippen LogP contribution in [0.3, 0.4) is 0 Å². The number of likely N-dealkylation sites (N-methyl/N-ethyl adjacent to an activating group) is 1. The van der Waals surface area contributed by atoms with E-state index < -0.39 is 228 Å². The summed E-state index contributed by atoms with van der Waals surface area (Å²) < 4.78 is 40.9. The highest BCUT2D eigenvalue weighted by Gasteiger charge is 2.55. The molecule has 0 saturated carbocycles. The van der Waals surface area contributed by atoms with Crippen LogP contribution in [-0.2, 0) is 42.7 Å². The van der Waals surface area contributed by atoms with Crippen molar-refractivity contribution in [2.75, 3.05) is 53.0 Å². The Morgan fingerprint density at radius 3 is 1.85 bits per heavy atom. The van der Waals surface area contributed by atoms with E-state index in [1.54, 1.807) is 97.8 Å². The van der Waals surface area contributed by atoms with E-state index in [9.17, 15) is 96.4 Å². The van der Waals surface area contributed by atoms with E-state index in [0.29, 0.717) is 26.2 Å². The van der Waals surface area contributed by atoms with E-state index in [4.69, 9.17) is 33.2 Å². The molecule has 0 spiro atoms. The summed E-state index contributed by atoms with van der Waals surface area (Å²) in [4.78, 5) is 29.3. The zero-order valence-corrected chi connectivity index (χ0v) is 53.9. The van der Waals surface area contributed by atoms with Crippen LogP contribution in [0.5, 0.6) is 0 Å². The lowest BCUT2D eigenvalue weighted by Gasteiger charge is -2.48. The third-order valence-corrected chi connectivity index (χ3v) is 18.1. The van der Waals surface area contributed by atoms with E-state index in [1.807, 2.05) is 14.0 Å². The highest BCUT2D eigenvalue weighted by Crippen LogP contribution is 2.39. The van der Waals surface area contributed by atoms with E-state index in [0.717, 1.165) is 0 Å². The van der Waals surface area contributed by atoms with Crippen molar-refractivity contribution < 1.29 is 130 Å². The summed E-state index contributed by atoms with van der Waals surface area (Å²) in [5.41, 5.74) is 2.85. The average molecular weight is 1350 g/mol. The Kier molecular flexibility index (Phi) is 31.4. The first-order chi connectivity index (χ1) is 44.4. The summed E-state index contributed by atoms with van der Waals surface area (Å²) >= 11 is 0. The Morgan fingerprint density at radius 1 is 0.617 bits per heavy atom. The first kappa shape index (κ1) is 79.1. The van der Waals surface area contributed by atoms with Gasteiger partial charge < -0.3 is 130 Å². The monoisotopic (exact) mass is 1340 g/mol. The molecule has 0 aromatic rings. The molecule has 536 valence electrons. The van der Waals surface area contributed by atoms with Crippen LogP contribution < -0.4 is 10.7 Å². The number of ether oxygens (including phenoxy) is 7. The Morgan fingerprint density at radius 2 is 1.22 bits per heavy atom. The first-order valence-electron chi connectivity index (χ1n) is 32.3. The lowest BCUT2D eigenvalue weighted by Crippen LogP contribution is -2.70. The molecule has 5 saturated heterocycles. The first-order valence-corrected chi connectivity index (χ1v) is 32.3. The van der Waals surface area contributed by atoms with Crippen molar-refractivity contribution in [1.29, 1.82) is 0 Å². The van der Waals surface area contributed by atoms with Gasteiger partial charge in [-0.05, 0) is 40.2 Å². The van der Waals surface area contributed by atoms with Gasteiger partial charge in [-0.2, -0.15) is 0 Å². The summed E-state index contributed by atoms with van der Waals surface area (Å²) in [5, 5.41) is 193. The minimum absolute atomic E-state index is 0.153. The summed E-state index contributed by atoms with van der Waals surface area (Å²) in [6.45, 7) is 6.32. The number of carbonyl (C=O) groups excluding carboxylic acids is 2. The fraction of sp³-hybridized carbons (Fsp3) is 0.750. The second-order valence-corrected chi connectivity index (χ2v) is 25.8. The quantitative estimate of drug-likeness (QED) is 0.0913. The highest BCUT2D eigenvalue weighted by molar-refractivity contribution is 5.79. The van der Waals surface area contributed by atoms with Crippen LogP contribution in [0.15, 0.2) is 85.1 Å². The number of fused-ring (bicyclic) bond motifs is 2. The van der Waals surface area contributed by atoms with Gasteiger partial charge in [0.2, 0.25) is 11.7 Å². The third-order valence-electron chi connectivity index (χ3n) is 18.1. The highest BCUT2D eigenvalue weighted by atomic mass is 16.7. The summed E-state index contributed by atoms with van der Waals surface area (Å²) in [5.74, 6) is -8.81. The number of rotatable bonds is 10. The molecule has 5 fully saturated rings. The molecule has 0 aromatic carbocycles. The summed E-state index contributed by atoms with van der Waals surface area (Å²) in [6, 6.07) is -1.47. The molecule has 94 heavy (non-hydrogen) atoms. The minimum atomic E-state index is -2.67. The van der Waals surface area contributed by atoms with E-state index in [2.05, 4.69) is 15.6 Å². The van der Waals surface area contributed by atoms with Crippen molar-refractivity contribution in [3.8, 4) is 0 Å². The number of hydrazine groups is 1. The number of nitrogens with one attached hydrogen (secondary N) is 2. The number of aliphatic hydroxyl groups is 17. The van der Waals surface area contributed by atoms with Crippen molar-refractivity contribution >= 4 is 11.9 Å². The molecule has 6 heterocycles. The molecule has 30 nitrogen and oxygen atoms in total. The fourth-order valence-electron chi connectivity index (χ4n) is 12.1. The summed E-state index contributed by atoms with van der Waals surface area (Å²) in [7, 11) is 1.92. The number of carbonyl (C=O) groups is 2. The van der Waals surface area contributed by atoms with Crippen LogP contribution in [-0.4, -0.2) is 314 Å². The normalized spacial score (nSPS) is 46.1. The van der Waals surface area contributed by atoms with Gasteiger partial charge in [0, 0.05) is 63.7 Å². The second-order valence-electron chi connectivity index (χ2n) is 25.8. The Labute approximate surface area is 547 Å². The van der Waals surface area contributed by atoms with Crippen molar-refractivity contribution in [2.24, 2.45) is 17.8 Å². The number of nitrogens with zero attached hydrogens (tertiary/aromatic N) is 2. The van der Waals surface area contributed by atoms with Crippen LogP contribution in [0.1, 0.15) is 79.1 Å². The second kappa shape index (κ2) is 37.3. The minimum Gasteiger partial charge on any atom is -0.462 e. The fourth-order valence-corrected chi connectivity index (χ4v) is 12.1. The lowest BCUT2D eigenvalue weighted by molar-refractivity contribution is -0.368. The van der Waals surface area contributed by atoms with Crippen LogP contribution in [0.2, 0.25) is 0 Å². The lowest BCUT2D eigenvalue weighted by atomic mass is 9.82. The number of aliphatic hydroxyl groups excluding tert-OH is 15. The maximum atomic E-state index is 14.4. The number of esters is 1. The number of amides is 1. The molecule has 6 aliphatic heterocycles. The average Bonchev–Trinajstić information content (AvgIpc) is 0.789. The van der Waals surface area contributed by atoms with Gasteiger partial charge >= 0.3 is 5.97 Å². The molecule has 19 N–H and O–H groups in total. The number of piperazine rings is 1. The Balaban J connectivity index is 1.26. The predicted octanol–water partition coefficient (Wildman–Crippen LogP) is -4.84. The maximum absolute atomic E-state index is 14.4. The van der Waals surface area contributed by atoms with Gasteiger partial charge in [-0.1, -0.05) is 98.9 Å².